The highest BCUT2D eigenvalue weighted by molar-refractivity contribution is 5.95. The number of rotatable bonds is 4. The van der Waals surface area contributed by atoms with Gasteiger partial charge in [0.25, 0.3) is 5.91 Å². The topological polar surface area (TPSA) is 96.7 Å². The van der Waals surface area contributed by atoms with Gasteiger partial charge in [0.15, 0.2) is 5.82 Å². The molecule has 0 saturated carbocycles. The molecule has 2 rings (SSSR count). The van der Waals surface area contributed by atoms with Gasteiger partial charge in [0.05, 0.1) is 18.4 Å². The zero-order valence-electron chi connectivity index (χ0n) is 8.73. The molecule has 0 aliphatic rings. The summed E-state index contributed by atoms with van der Waals surface area (Å²) in [6, 6.07) is 1.64. The SMILES string of the molecule is CCc1occc1C(=O)NCc1nn[nH]n1. The molecule has 2 N–H and O–H groups in total. The number of nitrogens with one attached hydrogen (secondary N) is 2. The molecule has 7 heteroatoms. The first-order chi connectivity index (χ1) is 7.81. The largest absolute Gasteiger partial charge is 0.469 e. The van der Waals surface area contributed by atoms with Crippen LogP contribution in [0.3, 0.4) is 0 Å². The van der Waals surface area contributed by atoms with E-state index in [2.05, 4.69) is 25.9 Å². The summed E-state index contributed by atoms with van der Waals surface area (Å²) in [5.41, 5.74) is 0.547. The molecule has 84 valence electrons. The molecule has 2 heterocycles. The molecule has 2 aromatic heterocycles. The summed E-state index contributed by atoms with van der Waals surface area (Å²) >= 11 is 0. The first-order valence-electron chi connectivity index (χ1n) is 4.88. The van der Waals surface area contributed by atoms with E-state index in [1.165, 1.54) is 6.26 Å². The third-order valence-electron chi connectivity index (χ3n) is 2.11. The van der Waals surface area contributed by atoms with E-state index in [4.69, 9.17) is 4.42 Å². The first-order valence-corrected chi connectivity index (χ1v) is 4.88. The Balaban J connectivity index is 1.98. The van der Waals surface area contributed by atoms with Gasteiger partial charge >= 0.3 is 0 Å². The van der Waals surface area contributed by atoms with Gasteiger partial charge in [-0.25, -0.2) is 0 Å². The molecule has 0 atom stereocenters. The molecule has 0 spiro atoms. The van der Waals surface area contributed by atoms with Gasteiger partial charge in [0.1, 0.15) is 5.76 Å². The van der Waals surface area contributed by atoms with E-state index in [9.17, 15) is 4.79 Å². The molecule has 0 aliphatic carbocycles. The maximum Gasteiger partial charge on any atom is 0.255 e. The minimum Gasteiger partial charge on any atom is -0.469 e. The van der Waals surface area contributed by atoms with Gasteiger partial charge in [0, 0.05) is 6.42 Å². The highest BCUT2D eigenvalue weighted by Gasteiger charge is 2.13. The van der Waals surface area contributed by atoms with E-state index in [0.717, 1.165) is 0 Å². The molecule has 0 saturated heterocycles. The summed E-state index contributed by atoms with van der Waals surface area (Å²) in [5, 5.41) is 15.8. The second-order valence-corrected chi connectivity index (χ2v) is 3.12. The average molecular weight is 221 g/mol. The summed E-state index contributed by atoms with van der Waals surface area (Å²) in [6.45, 7) is 2.17. The summed E-state index contributed by atoms with van der Waals surface area (Å²) in [5.74, 6) is 0.913. The van der Waals surface area contributed by atoms with E-state index in [0.29, 0.717) is 23.6 Å². The predicted molar refractivity (Wildman–Crippen MR) is 53.4 cm³/mol. The fourth-order valence-electron chi connectivity index (χ4n) is 1.33. The van der Waals surface area contributed by atoms with Crippen LogP contribution in [0.1, 0.15) is 28.9 Å². The van der Waals surface area contributed by atoms with E-state index in [1.807, 2.05) is 6.92 Å². The minimum atomic E-state index is -0.199. The molecule has 0 aliphatic heterocycles. The lowest BCUT2D eigenvalue weighted by molar-refractivity contribution is 0.0948. The van der Waals surface area contributed by atoms with Crippen LogP contribution in [0.25, 0.3) is 0 Å². The van der Waals surface area contributed by atoms with E-state index < -0.39 is 0 Å². The highest BCUT2D eigenvalue weighted by atomic mass is 16.3. The normalized spacial score (nSPS) is 10.3. The standard InChI is InChI=1S/C9H11N5O2/c1-2-7-6(3-4-16-7)9(15)10-5-8-11-13-14-12-8/h3-4H,2,5H2,1H3,(H,10,15)(H,11,12,13,14). The number of H-pyrrole nitrogens is 1. The van der Waals surface area contributed by atoms with Crippen molar-refractivity contribution >= 4 is 5.91 Å². The molecule has 2 aromatic rings. The maximum absolute atomic E-state index is 11.7. The summed E-state index contributed by atoms with van der Waals surface area (Å²) in [4.78, 5) is 11.7. The number of amides is 1. The van der Waals surface area contributed by atoms with Gasteiger partial charge in [-0.2, -0.15) is 5.21 Å². The van der Waals surface area contributed by atoms with Crippen LogP contribution >= 0.6 is 0 Å². The van der Waals surface area contributed by atoms with Crippen molar-refractivity contribution < 1.29 is 9.21 Å². The maximum atomic E-state index is 11.7. The number of aryl methyl sites for hydroxylation is 1. The van der Waals surface area contributed by atoms with Crippen molar-refractivity contribution in [3.8, 4) is 0 Å². The lowest BCUT2D eigenvalue weighted by Gasteiger charge is -2.01. The van der Waals surface area contributed by atoms with E-state index >= 15 is 0 Å². The fraction of sp³-hybridized carbons (Fsp3) is 0.333. The van der Waals surface area contributed by atoms with Crippen LogP contribution in [-0.2, 0) is 13.0 Å². The second-order valence-electron chi connectivity index (χ2n) is 3.12. The van der Waals surface area contributed by atoms with Gasteiger partial charge in [-0.3, -0.25) is 4.79 Å². The lowest BCUT2D eigenvalue weighted by atomic mass is 10.2. The Morgan fingerprint density at radius 2 is 2.50 bits per heavy atom. The Morgan fingerprint density at radius 1 is 1.62 bits per heavy atom. The monoisotopic (exact) mass is 221 g/mol. The number of hydrogen-bond donors (Lipinski definition) is 2. The number of nitrogens with zero attached hydrogens (tertiary/aromatic N) is 3. The Bertz CT molecular complexity index is 462. The van der Waals surface area contributed by atoms with E-state index in [1.54, 1.807) is 6.07 Å². The van der Waals surface area contributed by atoms with Crippen LogP contribution in [0.4, 0.5) is 0 Å². The van der Waals surface area contributed by atoms with Crippen molar-refractivity contribution in [2.75, 3.05) is 0 Å². The fourth-order valence-corrected chi connectivity index (χ4v) is 1.33. The molecular weight excluding hydrogens is 210 g/mol. The van der Waals surface area contributed by atoms with Gasteiger partial charge in [-0.1, -0.05) is 12.1 Å². The van der Waals surface area contributed by atoms with Gasteiger partial charge in [0.2, 0.25) is 0 Å². The summed E-state index contributed by atoms with van der Waals surface area (Å²) in [6.07, 6.45) is 2.18. The van der Waals surface area contributed by atoms with Crippen LogP contribution in [0, 0.1) is 0 Å². The lowest BCUT2D eigenvalue weighted by Crippen LogP contribution is -2.23. The van der Waals surface area contributed by atoms with Crippen molar-refractivity contribution in [3.05, 3.63) is 29.5 Å². The van der Waals surface area contributed by atoms with Crippen molar-refractivity contribution in [1.82, 2.24) is 25.9 Å². The van der Waals surface area contributed by atoms with Crippen molar-refractivity contribution in [2.24, 2.45) is 0 Å². The smallest absolute Gasteiger partial charge is 0.255 e. The van der Waals surface area contributed by atoms with Crippen LogP contribution in [-0.4, -0.2) is 26.5 Å². The molecule has 0 radical (unpaired) electrons. The molecule has 16 heavy (non-hydrogen) atoms. The Labute approximate surface area is 91.2 Å². The number of carbonyl (C=O) groups is 1. The quantitative estimate of drug-likeness (QED) is 0.773. The molecule has 0 fully saturated rings. The average Bonchev–Trinajstić information content (AvgIpc) is 2.96. The third-order valence-corrected chi connectivity index (χ3v) is 2.11. The van der Waals surface area contributed by atoms with Gasteiger partial charge in [-0.05, 0) is 6.07 Å². The number of furan rings is 1. The van der Waals surface area contributed by atoms with E-state index in [-0.39, 0.29) is 12.5 Å². The third kappa shape index (κ3) is 2.08. The number of aromatic amines is 1. The molecule has 0 unspecified atom stereocenters. The highest BCUT2D eigenvalue weighted by Crippen LogP contribution is 2.10. The van der Waals surface area contributed by atoms with Crippen molar-refractivity contribution in [2.45, 2.75) is 19.9 Å². The zero-order valence-corrected chi connectivity index (χ0v) is 8.73. The Kier molecular flexibility index (Phi) is 2.95. The molecule has 0 bridgehead atoms. The minimum absolute atomic E-state index is 0.199. The Morgan fingerprint density at radius 3 is 3.19 bits per heavy atom. The first kappa shape index (κ1) is 10.3. The molecular formula is C9H11N5O2. The van der Waals surface area contributed by atoms with Crippen LogP contribution in [0.15, 0.2) is 16.7 Å². The number of hydrogen-bond acceptors (Lipinski definition) is 5. The molecule has 1 amide bonds. The zero-order chi connectivity index (χ0) is 11.4. The second kappa shape index (κ2) is 4.56. The van der Waals surface area contributed by atoms with Crippen molar-refractivity contribution in [1.29, 1.82) is 0 Å². The number of tetrazole rings is 1. The van der Waals surface area contributed by atoms with Crippen LogP contribution in [0.2, 0.25) is 0 Å². The molecule has 0 aromatic carbocycles. The van der Waals surface area contributed by atoms with Gasteiger partial charge < -0.3 is 9.73 Å². The Hall–Kier alpha value is -2.18. The van der Waals surface area contributed by atoms with Crippen LogP contribution in [0.5, 0.6) is 0 Å². The number of carbonyl (C=O) groups excluding carboxylic acids is 1. The summed E-state index contributed by atoms with van der Waals surface area (Å²) < 4.78 is 5.16. The molecule has 7 nitrogen and oxygen atoms in total. The predicted octanol–water partition coefficient (Wildman–Crippen LogP) is 0.285. The van der Waals surface area contributed by atoms with Gasteiger partial charge in [-0.15, -0.1) is 10.2 Å². The van der Waals surface area contributed by atoms with Crippen molar-refractivity contribution in [3.63, 3.8) is 0 Å². The number of aromatic nitrogens is 4. The summed E-state index contributed by atoms with van der Waals surface area (Å²) in [7, 11) is 0. The van der Waals surface area contributed by atoms with Crippen LogP contribution < -0.4 is 5.32 Å².